The van der Waals surface area contributed by atoms with E-state index in [0.29, 0.717) is 69.8 Å². The van der Waals surface area contributed by atoms with Gasteiger partial charge in [0, 0.05) is 51.0 Å². The molecule has 188 valence electrons. The average Bonchev–Trinajstić information content (AvgIpc) is 2.91. The van der Waals surface area contributed by atoms with Gasteiger partial charge in [-0.15, -0.1) is 0 Å². The lowest BCUT2D eigenvalue weighted by atomic mass is 9.99. The van der Waals surface area contributed by atoms with Gasteiger partial charge >= 0.3 is 0 Å². The maximum Gasteiger partial charge on any atom is 0.292 e. The summed E-state index contributed by atoms with van der Waals surface area (Å²) in [6, 6.07) is 13.2. The standard InChI is InChI=1S/C26H34N4O5/c1-3-20(2)21-4-7-23(8-5-21)35-19-26(31)29-12-10-27(11-13-29)22-6-9-24(30(32)33)25(18-22)28-14-16-34-17-15-28/h4-9,18,20H,3,10-17,19H2,1-2H3/t20-/m1/s1. The quantitative estimate of drug-likeness (QED) is 0.419. The Labute approximate surface area is 206 Å². The van der Waals surface area contributed by atoms with Gasteiger partial charge in [0.2, 0.25) is 0 Å². The maximum absolute atomic E-state index is 12.7. The first kappa shape index (κ1) is 24.8. The van der Waals surface area contributed by atoms with Crippen molar-refractivity contribution >= 4 is 23.0 Å². The van der Waals surface area contributed by atoms with Gasteiger partial charge in [-0.3, -0.25) is 14.9 Å². The molecule has 2 aliphatic rings. The Bertz CT molecular complexity index is 1010. The molecule has 1 atom stereocenters. The number of anilines is 2. The van der Waals surface area contributed by atoms with Crippen molar-refractivity contribution in [1.82, 2.24) is 4.90 Å². The van der Waals surface area contributed by atoms with E-state index in [0.717, 1.165) is 12.1 Å². The summed E-state index contributed by atoms with van der Waals surface area (Å²) in [5.74, 6) is 1.17. The third-order valence-electron chi connectivity index (χ3n) is 6.93. The number of nitro groups is 1. The number of carbonyl (C=O) groups excluding carboxylic acids is 1. The van der Waals surface area contributed by atoms with E-state index >= 15 is 0 Å². The highest BCUT2D eigenvalue weighted by Gasteiger charge is 2.26. The summed E-state index contributed by atoms with van der Waals surface area (Å²) in [6.45, 7) is 9.25. The maximum atomic E-state index is 12.7. The number of benzene rings is 2. The zero-order valence-electron chi connectivity index (χ0n) is 20.5. The minimum atomic E-state index is -0.330. The first-order valence-corrected chi connectivity index (χ1v) is 12.3. The fourth-order valence-corrected chi connectivity index (χ4v) is 4.50. The number of nitrogens with zero attached hydrogens (tertiary/aromatic N) is 4. The lowest BCUT2D eigenvalue weighted by Gasteiger charge is -2.36. The summed E-state index contributed by atoms with van der Waals surface area (Å²) in [5.41, 5.74) is 2.94. The average molecular weight is 483 g/mol. The van der Waals surface area contributed by atoms with E-state index < -0.39 is 0 Å². The van der Waals surface area contributed by atoms with Crippen LogP contribution in [0.5, 0.6) is 5.75 Å². The van der Waals surface area contributed by atoms with Crippen LogP contribution >= 0.6 is 0 Å². The number of ether oxygens (including phenoxy) is 2. The SMILES string of the molecule is CC[C@@H](C)c1ccc(OCC(=O)N2CCN(c3ccc([N+](=O)[O-])c(N4CCOCC4)c3)CC2)cc1. The first-order chi connectivity index (χ1) is 17.0. The molecule has 0 N–H and O–H groups in total. The molecule has 2 fully saturated rings. The minimum Gasteiger partial charge on any atom is -0.484 e. The summed E-state index contributed by atoms with van der Waals surface area (Å²) >= 11 is 0. The fraction of sp³-hybridized carbons (Fsp3) is 0.500. The lowest BCUT2D eigenvalue weighted by molar-refractivity contribution is -0.384. The van der Waals surface area contributed by atoms with Crippen LogP contribution in [0.3, 0.4) is 0 Å². The number of morpholine rings is 1. The molecular formula is C26H34N4O5. The fourth-order valence-electron chi connectivity index (χ4n) is 4.50. The predicted octanol–water partition coefficient (Wildman–Crippen LogP) is 3.67. The molecule has 0 bridgehead atoms. The molecule has 2 saturated heterocycles. The zero-order valence-corrected chi connectivity index (χ0v) is 20.5. The summed E-state index contributed by atoms with van der Waals surface area (Å²) in [6.07, 6.45) is 1.08. The van der Waals surface area contributed by atoms with E-state index in [1.807, 2.05) is 28.0 Å². The number of amides is 1. The van der Waals surface area contributed by atoms with Crippen LogP contribution in [0.4, 0.5) is 17.1 Å². The highest BCUT2D eigenvalue weighted by Crippen LogP contribution is 2.33. The second-order valence-electron chi connectivity index (χ2n) is 9.06. The largest absolute Gasteiger partial charge is 0.484 e. The Morgan fingerprint density at radius 1 is 1.03 bits per heavy atom. The Morgan fingerprint density at radius 3 is 2.34 bits per heavy atom. The van der Waals surface area contributed by atoms with Crippen LogP contribution in [0.1, 0.15) is 31.7 Å². The predicted molar refractivity (Wildman–Crippen MR) is 136 cm³/mol. The van der Waals surface area contributed by atoms with Crippen LogP contribution < -0.4 is 14.5 Å². The Morgan fingerprint density at radius 2 is 1.71 bits per heavy atom. The topological polar surface area (TPSA) is 88.4 Å². The van der Waals surface area contributed by atoms with Crippen molar-refractivity contribution < 1.29 is 19.2 Å². The van der Waals surface area contributed by atoms with Crippen LogP contribution in [-0.4, -0.2) is 74.8 Å². The molecule has 0 unspecified atom stereocenters. The molecule has 9 nitrogen and oxygen atoms in total. The van der Waals surface area contributed by atoms with Gasteiger partial charge in [0.05, 0.1) is 18.1 Å². The first-order valence-electron chi connectivity index (χ1n) is 12.3. The Hall–Kier alpha value is -3.33. The molecule has 0 saturated carbocycles. The number of carbonyl (C=O) groups is 1. The smallest absolute Gasteiger partial charge is 0.292 e. The van der Waals surface area contributed by atoms with Gasteiger partial charge in [-0.1, -0.05) is 26.0 Å². The zero-order chi connectivity index (χ0) is 24.8. The molecule has 2 aliphatic heterocycles. The number of hydrogen-bond acceptors (Lipinski definition) is 7. The van der Waals surface area contributed by atoms with E-state index in [9.17, 15) is 14.9 Å². The molecule has 1 amide bonds. The van der Waals surface area contributed by atoms with Crippen LogP contribution in [0.2, 0.25) is 0 Å². The van der Waals surface area contributed by atoms with Gasteiger partial charge in [-0.2, -0.15) is 0 Å². The molecule has 0 radical (unpaired) electrons. The van der Waals surface area contributed by atoms with Crippen molar-refractivity contribution in [3.63, 3.8) is 0 Å². The molecule has 2 heterocycles. The second kappa shape index (κ2) is 11.4. The van der Waals surface area contributed by atoms with Gasteiger partial charge in [0.1, 0.15) is 11.4 Å². The summed E-state index contributed by atoms with van der Waals surface area (Å²) < 4.78 is 11.1. The van der Waals surface area contributed by atoms with Crippen molar-refractivity contribution in [2.75, 3.05) is 68.9 Å². The number of rotatable bonds is 8. The summed E-state index contributed by atoms with van der Waals surface area (Å²) in [4.78, 5) is 29.9. The molecule has 0 aliphatic carbocycles. The number of nitro benzene ring substituents is 1. The highest BCUT2D eigenvalue weighted by molar-refractivity contribution is 5.78. The summed E-state index contributed by atoms with van der Waals surface area (Å²) in [5, 5.41) is 11.6. The third kappa shape index (κ3) is 6.03. The van der Waals surface area contributed by atoms with Crippen LogP contribution in [0.15, 0.2) is 42.5 Å². The number of piperazine rings is 1. The molecule has 0 spiro atoms. The Kier molecular flexibility index (Phi) is 8.07. The van der Waals surface area contributed by atoms with Crippen molar-refractivity contribution in [3.05, 3.63) is 58.1 Å². The third-order valence-corrected chi connectivity index (χ3v) is 6.93. The van der Waals surface area contributed by atoms with Crippen molar-refractivity contribution in [2.45, 2.75) is 26.2 Å². The van der Waals surface area contributed by atoms with Crippen molar-refractivity contribution in [1.29, 1.82) is 0 Å². The normalized spacial score (nSPS) is 17.3. The monoisotopic (exact) mass is 482 g/mol. The van der Waals surface area contributed by atoms with Gasteiger partial charge in [0.15, 0.2) is 6.61 Å². The van der Waals surface area contributed by atoms with E-state index in [1.165, 1.54) is 5.56 Å². The molecule has 2 aromatic carbocycles. The molecule has 2 aromatic rings. The van der Waals surface area contributed by atoms with E-state index in [-0.39, 0.29) is 23.1 Å². The van der Waals surface area contributed by atoms with E-state index in [2.05, 4.69) is 30.9 Å². The lowest BCUT2D eigenvalue weighted by Crippen LogP contribution is -2.50. The van der Waals surface area contributed by atoms with Gasteiger partial charge < -0.3 is 24.2 Å². The van der Waals surface area contributed by atoms with Crippen LogP contribution in [-0.2, 0) is 9.53 Å². The van der Waals surface area contributed by atoms with E-state index in [1.54, 1.807) is 12.1 Å². The highest BCUT2D eigenvalue weighted by atomic mass is 16.6. The molecule has 0 aromatic heterocycles. The molecular weight excluding hydrogens is 448 g/mol. The Balaban J connectivity index is 1.32. The van der Waals surface area contributed by atoms with E-state index in [4.69, 9.17) is 9.47 Å². The second-order valence-corrected chi connectivity index (χ2v) is 9.06. The van der Waals surface area contributed by atoms with Crippen molar-refractivity contribution in [2.24, 2.45) is 0 Å². The van der Waals surface area contributed by atoms with Gasteiger partial charge in [-0.05, 0) is 42.2 Å². The van der Waals surface area contributed by atoms with Crippen molar-refractivity contribution in [3.8, 4) is 5.75 Å². The van der Waals surface area contributed by atoms with Crippen LogP contribution in [0.25, 0.3) is 0 Å². The molecule has 4 rings (SSSR count). The van der Waals surface area contributed by atoms with Crippen LogP contribution in [0, 0.1) is 10.1 Å². The number of hydrogen-bond donors (Lipinski definition) is 0. The van der Waals surface area contributed by atoms with Gasteiger partial charge in [-0.25, -0.2) is 0 Å². The van der Waals surface area contributed by atoms with Gasteiger partial charge in [0.25, 0.3) is 11.6 Å². The minimum absolute atomic E-state index is 0.0153. The molecule has 9 heteroatoms. The molecule has 35 heavy (non-hydrogen) atoms. The summed E-state index contributed by atoms with van der Waals surface area (Å²) in [7, 11) is 0.